The highest BCUT2D eigenvalue weighted by Gasteiger charge is 2.36. The van der Waals surface area contributed by atoms with E-state index >= 15 is 0 Å². The third-order valence-corrected chi connectivity index (χ3v) is 5.40. The van der Waals surface area contributed by atoms with Crippen molar-refractivity contribution in [3.63, 3.8) is 0 Å². The van der Waals surface area contributed by atoms with Crippen molar-refractivity contribution in [2.24, 2.45) is 11.7 Å². The molecule has 2 N–H and O–H groups in total. The van der Waals surface area contributed by atoms with Gasteiger partial charge < -0.3 is 5.73 Å². The lowest BCUT2D eigenvalue weighted by Crippen LogP contribution is -2.54. The molecule has 0 aromatic rings. The molecule has 0 aliphatic heterocycles. The summed E-state index contributed by atoms with van der Waals surface area (Å²) in [6.45, 7) is 6.69. The number of hydrogen-bond donors (Lipinski definition) is 1. The van der Waals surface area contributed by atoms with Gasteiger partial charge in [-0.2, -0.15) is 0 Å². The summed E-state index contributed by atoms with van der Waals surface area (Å²) >= 11 is 0. The van der Waals surface area contributed by atoms with Crippen LogP contribution >= 0.6 is 0 Å². The van der Waals surface area contributed by atoms with Gasteiger partial charge in [-0.25, -0.2) is 0 Å². The van der Waals surface area contributed by atoms with Gasteiger partial charge >= 0.3 is 0 Å². The van der Waals surface area contributed by atoms with Gasteiger partial charge in [-0.15, -0.1) is 0 Å². The molecule has 0 radical (unpaired) electrons. The van der Waals surface area contributed by atoms with Crippen LogP contribution in [0.2, 0.25) is 0 Å². The molecule has 2 heteroatoms. The fourth-order valence-electron chi connectivity index (χ4n) is 3.55. The molecule has 19 heavy (non-hydrogen) atoms. The number of hydrogen-bond acceptors (Lipinski definition) is 2. The van der Waals surface area contributed by atoms with Crippen LogP contribution in [-0.2, 0) is 0 Å². The Bertz CT molecular complexity index is 219. The molecule has 1 saturated carbocycles. The molecule has 2 nitrogen and oxygen atoms in total. The summed E-state index contributed by atoms with van der Waals surface area (Å²) in [5.41, 5.74) is 6.45. The summed E-state index contributed by atoms with van der Waals surface area (Å²) in [6.07, 6.45) is 13.6. The number of nitrogens with two attached hydrogens (primary N) is 1. The molecule has 0 atom stereocenters. The minimum Gasteiger partial charge on any atom is -0.329 e. The van der Waals surface area contributed by atoms with Crippen LogP contribution < -0.4 is 5.73 Å². The Labute approximate surface area is 121 Å². The Kier molecular flexibility index (Phi) is 8.01. The van der Waals surface area contributed by atoms with Gasteiger partial charge in [-0.3, -0.25) is 4.90 Å². The highest BCUT2D eigenvalue weighted by atomic mass is 15.2. The van der Waals surface area contributed by atoms with Gasteiger partial charge in [0.2, 0.25) is 0 Å². The number of rotatable bonds is 9. The summed E-state index contributed by atoms with van der Waals surface area (Å²) in [7, 11) is 2.30. The second kappa shape index (κ2) is 8.97. The van der Waals surface area contributed by atoms with Crippen molar-refractivity contribution in [3.8, 4) is 0 Å². The van der Waals surface area contributed by atoms with Gasteiger partial charge in [-0.05, 0) is 51.6 Å². The van der Waals surface area contributed by atoms with Crippen LogP contribution in [0, 0.1) is 5.92 Å². The minimum atomic E-state index is 0.316. The molecule has 1 fully saturated rings. The van der Waals surface area contributed by atoms with Crippen LogP contribution in [0.4, 0.5) is 0 Å². The standard InChI is InChI=1S/C17H36N2/c1-4-6-7-8-9-14-19(3)17(15-18)12-10-16(5-2)11-13-17/h16H,4-15,18H2,1-3H3. The second-order valence-electron chi connectivity index (χ2n) is 6.62. The molecule has 1 rings (SSSR count). The van der Waals surface area contributed by atoms with Crippen molar-refractivity contribution >= 4 is 0 Å². The molecule has 0 bridgehead atoms. The van der Waals surface area contributed by atoms with Gasteiger partial charge in [0.05, 0.1) is 0 Å². The lowest BCUT2D eigenvalue weighted by molar-refractivity contribution is 0.0626. The zero-order valence-corrected chi connectivity index (χ0v) is 13.6. The highest BCUT2D eigenvalue weighted by Crippen LogP contribution is 2.36. The maximum absolute atomic E-state index is 6.14. The Morgan fingerprint density at radius 3 is 2.21 bits per heavy atom. The van der Waals surface area contributed by atoms with Crippen molar-refractivity contribution in [1.82, 2.24) is 4.90 Å². The van der Waals surface area contributed by atoms with Crippen LogP contribution in [0.25, 0.3) is 0 Å². The van der Waals surface area contributed by atoms with Crippen LogP contribution in [0.1, 0.15) is 78.1 Å². The summed E-state index contributed by atoms with van der Waals surface area (Å²) in [4.78, 5) is 2.59. The molecule has 0 amide bonds. The van der Waals surface area contributed by atoms with E-state index in [4.69, 9.17) is 5.73 Å². The molecule has 0 heterocycles. The topological polar surface area (TPSA) is 29.3 Å². The van der Waals surface area contributed by atoms with Crippen molar-refractivity contribution in [2.75, 3.05) is 20.1 Å². The third-order valence-electron chi connectivity index (χ3n) is 5.40. The molecule has 0 aromatic carbocycles. The average molecular weight is 268 g/mol. The largest absolute Gasteiger partial charge is 0.329 e. The predicted octanol–water partition coefficient (Wildman–Crippen LogP) is 4.19. The Morgan fingerprint density at radius 2 is 1.68 bits per heavy atom. The Morgan fingerprint density at radius 1 is 1.05 bits per heavy atom. The van der Waals surface area contributed by atoms with Crippen LogP contribution in [0.15, 0.2) is 0 Å². The van der Waals surface area contributed by atoms with Crippen LogP contribution in [0.3, 0.4) is 0 Å². The first-order chi connectivity index (χ1) is 9.18. The van der Waals surface area contributed by atoms with E-state index in [1.807, 2.05) is 0 Å². The summed E-state index contributed by atoms with van der Waals surface area (Å²) in [6, 6.07) is 0. The summed E-state index contributed by atoms with van der Waals surface area (Å²) in [5, 5.41) is 0. The van der Waals surface area contributed by atoms with Crippen molar-refractivity contribution in [2.45, 2.75) is 83.6 Å². The highest BCUT2D eigenvalue weighted by molar-refractivity contribution is 4.94. The monoisotopic (exact) mass is 268 g/mol. The van der Waals surface area contributed by atoms with Gasteiger partial charge in [-0.1, -0.05) is 46.0 Å². The average Bonchev–Trinajstić information content (AvgIpc) is 2.46. The number of nitrogens with zero attached hydrogens (tertiary/aromatic N) is 1. The number of likely N-dealkylation sites (N-methyl/N-ethyl adjacent to an activating group) is 1. The molecule has 0 saturated heterocycles. The maximum Gasteiger partial charge on any atom is 0.0328 e. The fraction of sp³-hybridized carbons (Fsp3) is 1.00. The van der Waals surface area contributed by atoms with Gasteiger partial charge in [0, 0.05) is 12.1 Å². The Hall–Kier alpha value is -0.0800. The van der Waals surface area contributed by atoms with E-state index < -0.39 is 0 Å². The molecular formula is C17H36N2. The molecule has 114 valence electrons. The van der Waals surface area contributed by atoms with Crippen molar-refractivity contribution < 1.29 is 0 Å². The molecule has 0 spiro atoms. The predicted molar refractivity (Wildman–Crippen MR) is 85.4 cm³/mol. The molecular weight excluding hydrogens is 232 g/mol. The smallest absolute Gasteiger partial charge is 0.0328 e. The van der Waals surface area contributed by atoms with E-state index in [9.17, 15) is 0 Å². The van der Waals surface area contributed by atoms with E-state index in [0.29, 0.717) is 5.54 Å². The molecule has 1 aliphatic rings. The van der Waals surface area contributed by atoms with Crippen molar-refractivity contribution in [1.29, 1.82) is 0 Å². The Balaban J connectivity index is 2.32. The molecule has 0 unspecified atom stereocenters. The zero-order valence-electron chi connectivity index (χ0n) is 13.6. The fourth-order valence-corrected chi connectivity index (χ4v) is 3.55. The lowest BCUT2D eigenvalue weighted by atomic mass is 9.74. The summed E-state index contributed by atoms with van der Waals surface area (Å²) in [5.74, 6) is 0.956. The van der Waals surface area contributed by atoms with Gasteiger partial charge in [0.25, 0.3) is 0 Å². The van der Waals surface area contributed by atoms with E-state index in [1.165, 1.54) is 70.8 Å². The quantitative estimate of drug-likeness (QED) is 0.635. The van der Waals surface area contributed by atoms with Gasteiger partial charge in [0.15, 0.2) is 0 Å². The second-order valence-corrected chi connectivity index (χ2v) is 6.62. The first kappa shape index (κ1) is 17.0. The molecule has 1 aliphatic carbocycles. The van der Waals surface area contributed by atoms with Crippen molar-refractivity contribution in [3.05, 3.63) is 0 Å². The normalized spacial score (nSPS) is 27.9. The van der Waals surface area contributed by atoms with E-state index in [1.54, 1.807) is 0 Å². The SMILES string of the molecule is CCCCCCCN(C)C1(CN)CCC(CC)CC1. The maximum atomic E-state index is 6.14. The van der Waals surface area contributed by atoms with E-state index in [2.05, 4.69) is 25.8 Å². The zero-order chi connectivity index (χ0) is 14.1. The third kappa shape index (κ3) is 5.07. The van der Waals surface area contributed by atoms with Gasteiger partial charge in [0.1, 0.15) is 0 Å². The van der Waals surface area contributed by atoms with E-state index in [-0.39, 0.29) is 0 Å². The van der Waals surface area contributed by atoms with Crippen LogP contribution in [0.5, 0.6) is 0 Å². The lowest BCUT2D eigenvalue weighted by Gasteiger charge is -2.46. The number of unbranched alkanes of at least 4 members (excludes halogenated alkanes) is 4. The summed E-state index contributed by atoms with van der Waals surface area (Å²) < 4.78 is 0. The minimum absolute atomic E-state index is 0.316. The first-order valence-electron chi connectivity index (χ1n) is 8.59. The molecule has 0 aromatic heterocycles. The van der Waals surface area contributed by atoms with Crippen LogP contribution in [-0.4, -0.2) is 30.6 Å². The van der Waals surface area contributed by atoms with E-state index in [0.717, 1.165) is 12.5 Å². The first-order valence-corrected chi connectivity index (χ1v) is 8.59.